The van der Waals surface area contributed by atoms with Crippen LogP contribution in [0.3, 0.4) is 0 Å². The summed E-state index contributed by atoms with van der Waals surface area (Å²) >= 11 is 0. The fraction of sp³-hybridized carbons (Fsp3) is 0.259. The Morgan fingerprint density at radius 2 is 1.69 bits per heavy atom. The second-order valence-corrected chi connectivity index (χ2v) is 9.08. The number of carbonyl (C=O) groups is 2. The third kappa shape index (κ3) is 4.11. The van der Waals surface area contributed by atoms with Gasteiger partial charge in [-0.2, -0.15) is 0 Å². The van der Waals surface area contributed by atoms with Gasteiger partial charge in [-0.1, -0.05) is 75.4 Å². The minimum Gasteiger partial charge on any atom is -0.503 e. The molecule has 0 radical (unpaired) electrons. The van der Waals surface area contributed by atoms with E-state index in [9.17, 15) is 14.7 Å². The van der Waals surface area contributed by atoms with Gasteiger partial charge < -0.3 is 14.4 Å². The fourth-order valence-corrected chi connectivity index (χ4v) is 4.06. The number of carbonyl (C=O) groups excluding carboxylic acids is 2. The highest BCUT2D eigenvalue weighted by atomic mass is 16.3. The standard InChI is InChI=1S/C27H27NO4/c1-27(2,3)20-13-11-19(12-14-20)23-22(24(29)21-10-7-17-32-21)25(30)26(31)28(23)16-15-18-8-5-4-6-9-18/h4-14,17,23,30H,15-16H2,1-3H3. The smallest absolute Gasteiger partial charge is 0.290 e. The van der Waals surface area contributed by atoms with Crippen LogP contribution in [0, 0.1) is 0 Å². The van der Waals surface area contributed by atoms with E-state index in [2.05, 4.69) is 20.8 Å². The SMILES string of the molecule is CC(C)(C)c1ccc(C2C(C(=O)c3ccco3)=C(O)C(=O)N2CCc2ccccc2)cc1. The first-order chi connectivity index (χ1) is 15.3. The normalized spacial score (nSPS) is 16.7. The molecule has 0 fully saturated rings. The average molecular weight is 430 g/mol. The third-order valence-corrected chi connectivity index (χ3v) is 5.87. The predicted octanol–water partition coefficient (Wildman–Crippen LogP) is 5.40. The molecule has 1 aliphatic rings. The Hall–Kier alpha value is -3.60. The summed E-state index contributed by atoms with van der Waals surface area (Å²) in [5, 5.41) is 10.7. The highest BCUT2D eigenvalue weighted by Crippen LogP contribution is 2.39. The number of Topliss-reactive ketones (excluding diaryl/α,β-unsaturated/α-hetero) is 1. The topological polar surface area (TPSA) is 70.7 Å². The molecule has 5 nitrogen and oxygen atoms in total. The molecule has 4 rings (SSSR count). The molecular formula is C27H27NO4. The first-order valence-electron chi connectivity index (χ1n) is 10.7. The molecule has 0 spiro atoms. The molecule has 1 atom stereocenters. The van der Waals surface area contributed by atoms with Crippen LogP contribution in [0.1, 0.15) is 54.1 Å². The Morgan fingerprint density at radius 1 is 1.00 bits per heavy atom. The number of nitrogens with zero attached hydrogens (tertiary/aromatic N) is 1. The molecule has 32 heavy (non-hydrogen) atoms. The average Bonchev–Trinajstić information content (AvgIpc) is 3.40. The van der Waals surface area contributed by atoms with E-state index in [1.165, 1.54) is 6.26 Å². The van der Waals surface area contributed by atoms with E-state index in [1.807, 2.05) is 54.6 Å². The molecule has 0 saturated heterocycles. The molecule has 2 aromatic carbocycles. The van der Waals surface area contributed by atoms with Gasteiger partial charge in [0, 0.05) is 6.54 Å². The van der Waals surface area contributed by atoms with Gasteiger partial charge in [-0.3, -0.25) is 9.59 Å². The molecule has 5 heteroatoms. The Balaban J connectivity index is 1.72. The van der Waals surface area contributed by atoms with Gasteiger partial charge >= 0.3 is 0 Å². The van der Waals surface area contributed by atoms with Gasteiger partial charge in [0.2, 0.25) is 5.78 Å². The van der Waals surface area contributed by atoms with Crippen LogP contribution in [-0.2, 0) is 16.6 Å². The first-order valence-corrected chi connectivity index (χ1v) is 10.7. The zero-order valence-corrected chi connectivity index (χ0v) is 18.5. The Labute approximate surface area is 188 Å². The monoisotopic (exact) mass is 429 g/mol. The summed E-state index contributed by atoms with van der Waals surface area (Å²) in [4.78, 5) is 27.8. The van der Waals surface area contributed by atoms with Crippen molar-refractivity contribution >= 4 is 11.7 Å². The number of rotatable bonds is 6. The number of amides is 1. The lowest BCUT2D eigenvalue weighted by Crippen LogP contribution is -2.33. The maximum absolute atomic E-state index is 13.2. The van der Waals surface area contributed by atoms with Gasteiger partial charge in [0.15, 0.2) is 11.5 Å². The lowest BCUT2D eigenvalue weighted by molar-refractivity contribution is -0.129. The number of benzene rings is 2. The zero-order chi connectivity index (χ0) is 22.9. The summed E-state index contributed by atoms with van der Waals surface area (Å²) in [5.74, 6) is -1.43. The summed E-state index contributed by atoms with van der Waals surface area (Å²) < 4.78 is 5.28. The van der Waals surface area contributed by atoms with Crippen molar-refractivity contribution in [3.05, 3.63) is 107 Å². The second kappa shape index (κ2) is 8.50. The van der Waals surface area contributed by atoms with Crippen molar-refractivity contribution < 1.29 is 19.1 Å². The van der Waals surface area contributed by atoms with Gasteiger partial charge in [-0.25, -0.2) is 0 Å². The van der Waals surface area contributed by atoms with Gasteiger partial charge in [-0.05, 0) is 40.7 Å². The maximum atomic E-state index is 13.2. The van der Waals surface area contributed by atoms with E-state index in [-0.39, 0.29) is 16.7 Å². The fourth-order valence-electron chi connectivity index (χ4n) is 4.06. The number of hydrogen-bond acceptors (Lipinski definition) is 4. The lowest BCUT2D eigenvalue weighted by Gasteiger charge is -2.27. The molecule has 0 saturated carbocycles. The minimum absolute atomic E-state index is 0.0260. The zero-order valence-electron chi connectivity index (χ0n) is 18.5. The van der Waals surface area contributed by atoms with Crippen LogP contribution in [0.25, 0.3) is 0 Å². The molecule has 1 aromatic heterocycles. The minimum atomic E-state index is -0.683. The van der Waals surface area contributed by atoms with Crippen LogP contribution in [0.2, 0.25) is 0 Å². The molecule has 3 aromatic rings. The van der Waals surface area contributed by atoms with E-state index in [4.69, 9.17) is 4.42 Å². The second-order valence-electron chi connectivity index (χ2n) is 9.08. The quantitative estimate of drug-likeness (QED) is 0.533. The highest BCUT2D eigenvalue weighted by molar-refractivity contribution is 6.15. The highest BCUT2D eigenvalue weighted by Gasteiger charge is 2.44. The molecule has 1 N–H and O–H groups in total. The third-order valence-electron chi connectivity index (χ3n) is 5.87. The summed E-state index contributed by atoms with van der Waals surface area (Å²) in [6.07, 6.45) is 2.01. The Morgan fingerprint density at radius 3 is 2.28 bits per heavy atom. The van der Waals surface area contributed by atoms with Crippen molar-refractivity contribution in [1.82, 2.24) is 4.90 Å². The molecule has 0 bridgehead atoms. The van der Waals surface area contributed by atoms with Gasteiger partial charge in [-0.15, -0.1) is 0 Å². The van der Waals surface area contributed by atoms with E-state index in [0.717, 1.165) is 16.7 Å². The Kier molecular flexibility index (Phi) is 5.74. The van der Waals surface area contributed by atoms with Crippen LogP contribution in [0.15, 0.2) is 88.7 Å². The van der Waals surface area contributed by atoms with Crippen molar-refractivity contribution in [3.63, 3.8) is 0 Å². The molecule has 1 unspecified atom stereocenters. The summed E-state index contributed by atoms with van der Waals surface area (Å²) in [7, 11) is 0. The van der Waals surface area contributed by atoms with Gasteiger partial charge in [0.25, 0.3) is 5.91 Å². The number of hydrogen-bond donors (Lipinski definition) is 1. The van der Waals surface area contributed by atoms with Crippen LogP contribution in [-0.4, -0.2) is 28.2 Å². The van der Waals surface area contributed by atoms with E-state index >= 15 is 0 Å². The van der Waals surface area contributed by atoms with Crippen LogP contribution in [0.4, 0.5) is 0 Å². The number of ketones is 1. The molecule has 0 aliphatic carbocycles. The van der Waals surface area contributed by atoms with Crippen LogP contribution >= 0.6 is 0 Å². The summed E-state index contributed by atoms with van der Waals surface area (Å²) in [6.45, 7) is 6.76. The molecule has 1 aliphatic heterocycles. The van der Waals surface area contributed by atoms with Crippen molar-refractivity contribution in [2.45, 2.75) is 38.6 Å². The summed E-state index contributed by atoms with van der Waals surface area (Å²) in [5.41, 5.74) is 3.03. The van der Waals surface area contributed by atoms with Crippen LogP contribution < -0.4 is 0 Å². The van der Waals surface area contributed by atoms with Gasteiger partial charge in [0.1, 0.15) is 0 Å². The Bertz CT molecular complexity index is 1140. The van der Waals surface area contributed by atoms with Crippen LogP contribution in [0.5, 0.6) is 0 Å². The van der Waals surface area contributed by atoms with Crippen molar-refractivity contribution in [2.75, 3.05) is 6.54 Å². The van der Waals surface area contributed by atoms with E-state index in [0.29, 0.717) is 13.0 Å². The maximum Gasteiger partial charge on any atom is 0.290 e. The van der Waals surface area contributed by atoms with Crippen molar-refractivity contribution in [3.8, 4) is 0 Å². The van der Waals surface area contributed by atoms with Crippen molar-refractivity contribution in [2.24, 2.45) is 0 Å². The molecular weight excluding hydrogens is 402 g/mol. The van der Waals surface area contributed by atoms with E-state index in [1.54, 1.807) is 17.0 Å². The summed E-state index contributed by atoms with van der Waals surface area (Å²) in [6, 6.07) is 20.2. The van der Waals surface area contributed by atoms with E-state index < -0.39 is 23.5 Å². The van der Waals surface area contributed by atoms with Gasteiger partial charge in [0.05, 0.1) is 17.9 Å². The molecule has 2 heterocycles. The molecule has 164 valence electrons. The largest absolute Gasteiger partial charge is 0.503 e. The predicted molar refractivity (Wildman–Crippen MR) is 122 cm³/mol. The lowest BCUT2D eigenvalue weighted by atomic mass is 9.85. The first kappa shape index (κ1) is 21.6. The molecule has 1 amide bonds. The number of aliphatic hydroxyl groups is 1. The number of furan rings is 1. The number of aliphatic hydroxyl groups excluding tert-OH is 1. The van der Waals surface area contributed by atoms with Crippen molar-refractivity contribution in [1.29, 1.82) is 0 Å².